The lowest BCUT2D eigenvalue weighted by atomic mass is 10.1. The van der Waals surface area contributed by atoms with Gasteiger partial charge in [-0.15, -0.1) is 0 Å². The number of nitrogens with one attached hydrogen (secondary N) is 2. The van der Waals surface area contributed by atoms with Gasteiger partial charge in [0, 0.05) is 55.0 Å². The fourth-order valence-corrected chi connectivity index (χ4v) is 6.13. The first kappa shape index (κ1) is 26.0. The van der Waals surface area contributed by atoms with Gasteiger partial charge < -0.3 is 10.3 Å². The van der Waals surface area contributed by atoms with E-state index < -0.39 is 10.0 Å². The highest BCUT2D eigenvalue weighted by atomic mass is 32.2. The van der Waals surface area contributed by atoms with E-state index in [2.05, 4.69) is 37.2 Å². The summed E-state index contributed by atoms with van der Waals surface area (Å²) in [6.07, 6.45) is 5.00. The summed E-state index contributed by atoms with van der Waals surface area (Å²) in [6, 6.07) is 14.7. The summed E-state index contributed by atoms with van der Waals surface area (Å²) in [5, 5.41) is 3.11. The first-order valence-corrected chi connectivity index (χ1v) is 13.9. The average molecular weight is 536 g/mol. The highest BCUT2D eigenvalue weighted by Crippen LogP contribution is 2.25. The van der Waals surface area contributed by atoms with Crippen LogP contribution >= 0.6 is 0 Å². The zero-order valence-corrected chi connectivity index (χ0v) is 22.1. The molecule has 11 heteroatoms. The molecule has 9 nitrogen and oxygen atoms in total. The summed E-state index contributed by atoms with van der Waals surface area (Å²) in [7, 11) is -1.53. The number of rotatable bonds is 8. The molecular formula is C27H30FN7O2S. The number of imidazole rings is 1. The number of aromatic amines is 1. The number of piperidine rings is 1. The van der Waals surface area contributed by atoms with Gasteiger partial charge in [-0.1, -0.05) is 0 Å². The maximum Gasteiger partial charge on any atom is 0.243 e. The third-order valence-corrected chi connectivity index (χ3v) is 8.68. The van der Waals surface area contributed by atoms with Gasteiger partial charge in [0.15, 0.2) is 0 Å². The van der Waals surface area contributed by atoms with E-state index >= 15 is 0 Å². The Morgan fingerprint density at radius 1 is 1.05 bits per heavy atom. The van der Waals surface area contributed by atoms with Crippen molar-refractivity contribution in [1.29, 1.82) is 0 Å². The molecule has 0 amide bonds. The molecule has 0 unspecified atom stereocenters. The maximum atomic E-state index is 13.3. The second-order valence-electron chi connectivity index (χ2n) is 9.47. The number of hydrogen-bond donors (Lipinski definition) is 2. The zero-order chi connectivity index (χ0) is 26.7. The Morgan fingerprint density at radius 2 is 1.76 bits per heavy atom. The van der Waals surface area contributed by atoms with Crippen molar-refractivity contribution >= 4 is 21.7 Å². The largest absolute Gasteiger partial charge is 0.345 e. The van der Waals surface area contributed by atoms with Gasteiger partial charge in [-0.25, -0.2) is 27.8 Å². The molecule has 1 aliphatic heterocycles. The topological polar surface area (TPSA) is 107 Å². The third kappa shape index (κ3) is 5.90. The van der Waals surface area contributed by atoms with Crippen LogP contribution in [0.4, 0.5) is 16.0 Å². The van der Waals surface area contributed by atoms with Crippen molar-refractivity contribution in [2.24, 2.45) is 0 Å². The SMILES string of the molecule is Cc1ncc(CN(C)C2CCN(S(=O)(=O)c3ccc(Nc4nccc(-c5ccc(F)cc5)n4)cc3)CC2)[nH]1. The number of anilines is 2. The van der Waals surface area contributed by atoms with E-state index in [1.54, 1.807) is 53.0 Å². The van der Waals surface area contributed by atoms with Crippen molar-refractivity contribution in [2.45, 2.75) is 37.2 Å². The third-order valence-electron chi connectivity index (χ3n) is 6.77. The predicted octanol–water partition coefficient (Wildman–Crippen LogP) is 4.34. The molecule has 2 aromatic heterocycles. The molecule has 5 rings (SSSR count). The molecule has 2 aromatic carbocycles. The van der Waals surface area contributed by atoms with Crippen molar-refractivity contribution < 1.29 is 12.8 Å². The van der Waals surface area contributed by atoms with E-state index in [1.807, 2.05) is 13.1 Å². The van der Waals surface area contributed by atoms with Gasteiger partial charge in [-0.2, -0.15) is 4.31 Å². The molecule has 1 fully saturated rings. The highest BCUT2D eigenvalue weighted by molar-refractivity contribution is 7.89. The van der Waals surface area contributed by atoms with Crippen molar-refractivity contribution in [3.8, 4) is 11.3 Å². The maximum absolute atomic E-state index is 13.3. The Kier molecular flexibility index (Phi) is 7.50. The van der Waals surface area contributed by atoms with Crippen LogP contribution < -0.4 is 5.32 Å². The van der Waals surface area contributed by atoms with Crippen LogP contribution in [0.15, 0.2) is 71.9 Å². The summed E-state index contributed by atoms with van der Waals surface area (Å²) in [4.78, 5) is 18.7. The average Bonchev–Trinajstić information content (AvgIpc) is 3.34. The number of benzene rings is 2. The molecule has 38 heavy (non-hydrogen) atoms. The van der Waals surface area contributed by atoms with E-state index in [-0.39, 0.29) is 10.7 Å². The number of aryl methyl sites for hydroxylation is 1. The lowest BCUT2D eigenvalue weighted by Gasteiger charge is -2.36. The minimum atomic E-state index is -3.59. The molecule has 4 aromatic rings. The van der Waals surface area contributed by atoms with Gasteiger partial charge in [0.2, 0.25) is 16.0 Å². The quantitative estimate of drug-likeness (QED) is 0.346. The standard InChI is InChI=1S/C27H30FN7O2S/c1-19-30-17-23(31-19)18-34(2)24-12-15-35(16-13-24)38(36,37)25-9-7-22(8-10-25)32-27-29-14-11-26(33-27)20-3-5-21(28)6-4-20/h3-11,14,17,24H,12-13,15-16,18H2,1-2H3,(H,30,31)(H,29,32,33). The number of sulfonamides is 1. The van der Waals surface area contributed by atoms with Gasteiger partial charge >= 0.3 is 0 Å². The molecule has 0 radical (unpaired) electrons. The van der Waals surface area contributed by atoms with Crippen LogP contribution in [0.25, 0.3) is 11.3 Å². The molecule has 0 aliphatic carbocycles. The fraction of sp³-hybridized carbons (Fsp3) is 0.296. The van der Waals surface area contributed by atoms with Crippen LogP contribution in [0.3, 0.4) is 0 Å². The van der Waals surface area contributed by atoms with E-state index in [4.69, 9.17) is 0 Å². The number of halogens is 1. The second kappa shape index (κ2) is 11.0. The van der Waals surface area contributed by atoms with Crippen molar-refractivity contribution in [2.75, 3.05) is 25.5 Å². The molecule has 0 bridgehead atoms. The summed E-state index contributed by atoms with van der Waals surface area (Å²) in [5.41, 5.74) is 3.14. The smallest absolute Gasteiger partial charge is 0.243 e. The molecule has 3 heterocycles. The van der Waals surface area contributed by atoms with Gasteiger partial charge in [-0.05, 0) is 81.4 Å². The predicted molar refractivity (Wildman–Crippen MR) is 144 cm³/mol. The highest BCUT2D eigenvalue weighted by Gasteiger charge is 2.31. The van der Waals surface area contributed by atoms with Gasteiger partial charge in [0.1, 0.15) is 11.6 Å². The summed E-state index contributed by atoms with van der Waals surface area (Å²) >= 11 is 0. The van der Waals surface area contributed by atoms with Gasteiger partial charge in [0.25, 0.3) is 0 Å². The molecule has 2 N–H and O–H groups in total. The van der Waals surface area contributed by atoms with E-state index in [9.17, 15) is 12.8 Å². The minimum absolute atomic E-state index is 0.253. The summed E-state index contributed by atoms with van der Waals surface area (Å²) in [6.45, 7) is 3.63. The molecule has 0 atom stereocenters. The molecule has 1 saturated heterocycles. The summed E-state index contributed by atoms with van der Waals surface area (Å²) < 4.78 is 41.4. The van der Waals surface area contributed by atoms with E-state index in [0.29, 0.717) is 36.5 Å². The lowest BCUT2D eigenvalue weighted by Crippen LogP contribution is -2.45. The molecule has 198 valence electrons. The lowest BCUT2D eigenvalue weighted by molar-refractivity contribution is 0.161. The monoisotopic (exact) mass is 535 g/mol. The van der Waals surface area contributed by atoms with Crippen LogP contribution in [0, 0.1) is 12.7 Å². The second-order valence-corrected chi connectivity index (χ2v) is 11.4. The molecule has 0 spiro atoms. The zero-order valence-electron chi connectivity index (χ0n) is 21.3. The fourth-order valence-electron chi connectivity index (χ4n) is 4.66. The summed E-state index contributed by atoms with van der Waals surface area (Å²) in [5.74, 6) is 0.939. The van der Waals surface area contributed by atoms with Crippen LogP contribution in [-0.2, 0) is 16.6 Å². The van der Waals surface area contributed by atoms with Crippen LogP contribution in [0.1, 0.15) is 24.4 Å². The molecule has 0 saturated carbocycles. The van der Waals surface area contributed by atoms with Crippen molar-refractivity contribution in [3.63, 3.8) is 0 Å². The number of nitrogens with zero attached hydrogens (tertiary/aromatic N) is 5. The van der Waals surface area contributed by atoms with Gasteiger partial charge in [0.05, 0.1) is 10.6 Å². The Morgan fingerprint density at radius 3 is 2.42 bits per heavy atom. The number of aromatic nitrogens is 4. The van der Waals surface area contributed by atoms with Gasteiger partial charge in [-0.3, -0.25) is 4.90 Å². The minimum Gasteiger partial charge on any atom is -0.345 e. The van der Waals surface area contributed by atoms with E-state index in [1.165, 1.54) is 12.1 Å². The van der Waals surface area contributed by atoms with Crippen molar-refractivity contribution in [1.82, 2.24) is 29.1 Å². The molecular weight excluding hydrogens is 505 g/mol. The van der Waals surface area contributed by atoms with Crippen LogP contribution in [-0.4, -0.2) is 63.7 Å². The number of hydrogen-bond acceptors (Lipinski definition) is 7. The first-order chi connectivity index (χ1) is 18.3. The first-order valence-electron chi connectivity index (χ1n) is 12.4. The Hall–Kier alpha value is -3.67. The van der Waals surface area contributed by atoms with Crippen molar-refractivity contribution in [3.05, 3.63) is 84.3 Å². The van der Waals surface area contributed by atoms with Crippen LogP contribution in [0.2, 0.25) is 0 Å². The Bertz CT molecular complexity index is 1480. The Balaban J connectivity index is 1.20. The van der Waals surface area contributed by atoms with Crippen LogP contribution in [0.5, 0.6) is 0 Å². The Labute approximate surface area is 221 Å². The van der Waals surface area contributed by atoms with E-state index in [0.717, 1.165) is 36.5 Å². The molecule has 1 aliphatic rings. The normalized spacial score (nSPS) is 15.2. The number of H-pyrrole nitrogens is 1.